The highest BCUT2D eigenvalue weighted by Gasteiger charge is 2.24. The molecule has 20 heavy (non-hydrogen) atoms. The van der Waals surface area contributed by atoms with Gasteiger partial charge in [0.1, 0.15) is 17.3 Å². The Bertz CT molecular complexity index is 454. The van der Waals surface area contributed by atoms with Crippen molar-refractivity contribution < 1.29 is 18.3 Å². The van der Waals surface area contributed by atoms with Crippen LogP contribution < -0.4 is 5.32 Å². The Kier molecular flexibility index (Phi) is 4.76. The van der Waals surface area contributed by atoms with Crippen molar-refractivity contribution in [1.82, 2.24) is 4.90 Å². The summed E-state index contributed by atoms with van der Waals surface area (Å²) in [4.78, 5) is 13.1. The molecular weight excluding hydrogens is 266 g/mol. The summed E-state index contributed by atoms with van der Waals surface area (Å²) in [6, 6.07) is 3.73. The fourth-order valence-corrected chi connectivity index (χ4v) is 2.26. The second-order valence-electron chi connectivity index (χ2n) is 4.70. The predicted molar refractivity (Wildman–Crippen MR) is 71.6 cm³/mol. The van der Waals surface area contributed by atoms with Crippen LogP contribution in [0.15, 0.2) is 18.2 Å². The molecule has 1 amide bonds. The van der Waals surface area contributed by atoms with Gasteiger partial charge in [-0.3, -0.25) is 0 Å². The van der Waals surface area contributed by atoms with Gasteiger partial charge in [0.15, 0.2) is 0 Å². The Morgan fingerprint density at radius 2 is 1.95 bits per heavy atom. The molecule has 1 aromatic rings. The van der Waals surface area contributed by atoms with Crippen molar-refractivity contribution in [2.45, 2.75) is 25.8 Å². The van der Waals surface area contributed by atoms with Crippen molar-refractivity contribution in [3.63, 3.8) is 0 Å². The molecule has 110 valence electrons. The van der Waals surface area contributed by atoms with Crippen molar-refractivity contribution in [3.05, 3.63) is 29.8 Å². The third-order valence-corrected chi connectivity index (χ3v) is 3.33. The second kappa shape index (κ2) is 6.54. The molecule has 1 saturated heterocycles. The monoisotopic (exact) mass is 284 g/mol. The first kappa shape index (κ1) is 14.6. The molecule has 0 saturated carbocycles. The van der Waals surface area contributed by atoms with Gasteiger partial charge in [-0.05, 0) is 31.9 Å². The van der Waals surface area contributed by atoms with Gasteiger partial charge in [-0.1, -0.05) is 6.07 Å². The minimum absolute atomic E-state index is 0.0490. The number of ether oxygens (including phenoxy) is 1. The first-order valence-electron chi connectivity index (χ1n) is 6.74. The quantitative estimate of drug-likeness (QED) is 0.927. The van der Waals surface area contributed by atoms with Crippen LogP contribution >= 0.6 is 0 Å². The van der Waals surface area contributed by atoms with Crippen LogP contribution in [0, 0.1) is 11.6 Å². The smallest absolute Gasteiger partial charge is 0.409 e. The van der Waals surface area contributed by atoms with E-state index in [9.17, 15) is 13.6 Å². The Labute approximate surface area is 116 Å². The summed E-state index contributed by atoms with van der Waals surface area (Å²) < 4.78 is 32.0. The zero-order valence-corrected chi connectivity index (χ0v) is 11.4. The van der Waals surface area contributed by atoms with E-state index in [-0.39, 0.29) is 17.8 Å². The van der Waals surface area contributed by atoms with Crippen molar-refractivity contribution in [1.29, 1.82) is 0 Å². The Balaban J connectivity index is 1.90. The van der Waals surface area contributed by atoms with E-state index in [1.807, 2.05) is 0 Å². The maximum atomic E-state index is 13.5. The third-order valence-electron chi connectivity index (χ3n) is 3.33. The second-order valence-corrected chi connectivity index (χ2v) is 4.70. The van der Waals surface area contributed by atoms with E-state index in [0.717, 1.165) is 0 Å². The maximum Gasteiger partial charge on any atom is 0.409 e. The fourth-order valence-electron chi connectivity index (χ4n) is 2.26. The lowest BCUT2D eigenvalue weighted by molar-refractivity contribution is 0.0983. The molecule has 4 nitrogen and oxygen atoms in total. The molecule has 0 aliphatic carbocycles. The lowest BCUT2D eigenvalue weighted by Crippen LogP contribution is -2.42. The number of hydrogen-bond acceptors (Lipinski definition) is 3. The van der Waals surface area contributed by atoms with Crippen LogP contribution in [0.5, 0.6) is 0 Å². The zero-order chi connectivity index (χ0) is 14.5. The van der Waals surface area contributed by atoms with Crippen LogP contribution in [0.25, 0.3) is 0 Å². The number of halogens is 2. The highest BCUT2D eigenvalue weighted by Crippen LogP contribution is 2.22. The van der Waals surface area contributed by atoms with Crippen molar-refractivity contribution in [2.75, 3.05) is 25.0 Å². The molecule has 1 heterocycles. The molecule has 0 bridgehead atoms. The minimum atomic E-state index is -0.599. The lowest BCUT2D eigenvalue weighted by atomic mass is 10.0. The third kappa shape index (κ3) is 3.37. The van der Waals surface area contributed by atoms with Crippen molar-refractivity contribution in [3.8, 4) is 0 Å². The molecule has 1 aliphatic rings. The number of hydrogen-bond donors (Lipinski definition) is 1. The number of amides is 1. The minimum Gasteiger partial charge on any atom is -0.450 e. The van der Waals surface area contributed by atoms with Gasteiger partial charge in [0.05, 0.1) is 6.61 Å². The van der Waals surface area contributed by atoms with E-state index in [1.54, 1.807) is 11.8 Å². The van der Waals surface area contributed by atoms with E-state index in [0.29, 0.717) is 32.5 Å². The van der Waals surface area contributed by atoms with Crippen LogP contribution in [-0.2, 0) is 4.74 Å². The van der Waals surface area contributed by atoms with E-state index < -0.39 is 11.6 Å². The summed E-state index contributed by atoms with van der Waals surface area (Å²) in [6.07, 6.45) is 0.933. The summed E-state index contributed by atoms with van der Waals surface area (Å²) in [5, 5.41) is 2.88. The molecule has 2 rings (SSSR count). The lowest BCUT2D eigenvalue weighted by Gasteiger charge is -2.32. The summed E-state index contributed by atoms with van der Waals surface area (Å²) in [6.45, 7) is 3.14. The molecule has 6 heteroatoms. The predicted octanol–water partition coefficient (Wildman–Crippen LogP) is 3.00. The number of nitrogens with zero attached hydrogens (tertiary/aromatic N) is 1. The number of anilines is 1. The van der Waals surface area contributed by atoms with Gasteiger partial charge in [-0.25, -0.2) is 13.6 Å². The first-order valence-corrected chi connectivity index (χ1v) is 6.74. The van der Waals surface area contributed by atoms with Crippen LogP contribution in [-0.4, -0.2) is 36.7 Å². The first-order chi connectivity index (χ1) is 9.61. The molecule has 0 radical (unpaired) electrons. The highest BCUT2D eigenvalue weighted by atomic mass is 19.1. The fraction of sp³-hybridized carbons (Fsp3) is 0.500. The summed E-state index contributed by atoms with van der Waals surface area (Å²) in [5.74, 6) is -1.20. The molecular formula is C14H18F2N2O2. The molecule has 0 spiro atoms. The normalized spacial score (nSPS) is 16.1. The van der Waals surface area contributed by atoms with Crippen LogP contribution in [0.3, 0.4) is 0 Å². The Morgan fingerprint density at radius 1 is 1.35 bits per heavy atom. The maximum absolute atomic E-state index is 13.5. The number of rotatable bonds is 3. The van der Waals surface area contributed by atoms with Gasteiger partial charge in [-0.15, -0.1) is 0 Å². The van der Waals surface area contributed by atoms with Crippen LogP contribution in [0.1, 0.15) is 19.8 Å². The molecule has 1 N–H and O–H groups in total. The number of carbonyl (C=O) groups is 1. The Morgan fingerprint density at radius 3 is 2.50 bits per heavy atom. The van der Waals surface area contributed by atoms with Gasteiger partial charge in [-0.2, -0.15) is 0 Å². The number of likely N-dealkylation sites (tertiary alicyclic amines) is 1. The van der Waals surface area contributed by atoms with Crippen molar-refractivity contribution >= 4 is 11.8 Å². The summed E-state index contributed by atoms with van der Waals surface area (Å²) >= 11 is 0. The summed E-state index contributed by atoms with van der Waals surface area (Å²) in [7, 11) is 0. The molecule has 0 unspecified atom stereocenters. The molecule has 1 aromatic carbocycles. The van der Waals surface area contributed by atoms with E-state index in [1.165, 1.54) is 18.2 Å². The number of piperidine rings is 1. The van der Waals surface area contributed by atoms with Crippen LogP contribution in [0.2, 0.25) is 0 Å². The SMILES string of the molecule is CCOC(=O)N1CCC(Nc2c(F)cccc2F)CC1. The average Bonchev–Trinajstić information content (AvgIpc) is 2.44. The van der Waals surface area contributed by atoms with Gasteiger partial charge < -0.3 is 15.0 Å². The standard InChI is InChI=1S/C14H18F2N2O2/c1-2-20-14(19)18-8-6-10(7-9-18)17-13-11(15)4-3-5-12(13)16/h3-5,10,17H,2,6-9H2,1H3. The average molecular weight is 284 g/mol. The summed E-state index contributed by atoms with van der Waals surface area (Å²) in [5.41, 5.74) is -0.0953. The van der Waals surface area contributed by atoms with E-state index in [2.05, 4.69) is 5.32 Å². The van der Waals surface area contributed by atoms with Gasteiger partial charge >= 0.3 is 6.09 Å². The van der Waals surface area contributed by atoms with Gasteiger partial charge in [0.2, 0.25) is 0 Å². The molecule has 0 aromatic heterocycles. The van der Waals surface area contributed by atoms with Crippen LogP contribution in [0.4, 0.5) is 19.3 Å². The number of carbonyl (C=O) groups excluding carboxylic acids is 1. The largest absolute Gasteiger partial charge is 0.450 e. The zero-order valence-electron chi connectivity index (χ0n) is 11.4. The van der Waals surface area contributed by atoms with E-state index in [4.69, 9.17) is 4.74 Å². The molecule has 1 fully saturated rings. The molecule has 0 atom stereocenters. The van der Waals surface area contributed by atoms with Crippen molar-refractivity contribution in [2.24, 2.45) is 0 Å². The van der Waals surface area contributed by atoms with E-state index >= 15 is 0 Å². The Hall–Kier alpha value is -1.85. The topological polar surface area (TPSA) is 41.6 Å². The number of para-hydroxylation sites is 1. The molecule has 1 aliphatic heterocycles. The van der Waals surface area contributed by atoms with Gasteiger partial charge in [0, 0.05) is 19.1 Å². The number of nitrogens with one attached hydrogen (secondary N) is 1. The van der Waals surface area contributed by atoms with Gasteiger partial charge in [0.25, 0.3) is 0 Å². The highest BCUT2D eigenvalue weighted by molar-refractivity contribution is 5.67. The number of benzene rings is 1.